The highest BCUT2D eigenvalue weighted by Gasteiger charge is 2.51. The number of anilines is 1. The Labute approximate surface area is 212 Å². The van der Waals surface area contributed by atoms with Crippen LogP contribution in [0.1, 0.15) is 44.5 Å². The van der Waals surface area contributed by atoms with E-state index in [-0.39, 0.29) is 23.3 Å². The maximum atomic E-state index is 11.8. The molecule has 2 aromatic heterocycles. The van der Waals surface area contributed by atoms with Crippen molar-refractivity contribution in [1.82, 2.24) is 19.7 Å². The van der Waals surface area contributed by atoms with Gasteiger partial charge in [-0.3, -0.25) is 4.79 Å². The van der Waals surface area contributed by atoms with Crippen LogP contribution in [0.2, 0.25) is 10.3 Å². The summed E-state index contributed by atoms with van der Waals surface area (Å²) in [6, 6.07) is 5.90. The predicted octanol–water partition coefficient (Wildman–Crippen LogP) is 4.25. The third-order valence-electron chi connectivity index (χ3n) is 7.31. The molecule has 35 heavy (non-hydrogen) atoms. The van der Waals surface area contributed by atoms with Crippen LogP contribution in [0.15, 0.2) is 24.4 Å². The SMILES string of the molecule is CC[C@H]1O[C@@H](n2ncc3c(N4CC5(C4)OCc4cc(Cl)ccc45)nc(Cl)nc32)[C@H](OC(C)=O)[C@@H]1C. The molecule has 1 spiro atoms. The van der Waals surface area contributed by atoms with E-state index in [1.165, 1.54) is 6.92 Å². The molecule has 0 radical (unpaired) electrons. The fourth-order valence-electron chi connectivity index (χ4n) is 5.59. The summed E-state index contributed by atoms with van der Waals surface area (Å²) in [5, 5.41) is 6.14. The maximum Gasteiger partial charge on any atom is 0.303 e. The van der Waals surface area contributed by atoms with Crippen molar-refractivity contribution in [2.45, 2.75) is 57.8 Å². The van der Waals surface area contributed by atoms with Gasteiger partial charge in [0.15, 0.2) is 18.0 Å². The minimum absolute atomic E-state index is 0.00765. The molecule has 184 valence electrons. The highest BCUT2D eigenvalue weighted by atomic mass is 35.5. The number of hydrogen-bond acceptors (Lipinski definition) is 8. The number of carbonyl (C=O) groups is 1. The van der Waals surface area contributed by atoms with Gasteiger partial charge in [-0.05, 0) is 41.3 Å². The molecule has 0 aliphatic carbocycles. The van der Waals surface area contributed by atoms with E-state index >= 15 is 0 Å². The Bertz CT molecular complexity index is 1320. The van der Waals surface area contributed by atoms with E-state index in [0.717, 1.165) is 22.9 Å². The summed E-state index contributed by atoms with van der Waals surface area (Å²) < 4.78 is 19.8. The molecular formula is C24H25Cl2N5O4. The van der Waals surface area contributed by atoms with Crippen molar-refractivity contribution in [3.63, 3.8) is 0 Å². The van der Waals surface area contributed by atoms with Crippen molar-refractivity contribution in [2.24, 2.45) is 5.92 Å². The lowest BCUT2D eigenvalue weighted by molar-refractivity contribution is -0.154. The van der Waals surface area contributed by atoms with Crippen molar-refractivity contribution in [2.75, 3.05) is 18.0 Å². The second-order valence-corrected chi connectivity index (χ2v) is 10.3. The molecule has 11 heteroatoms. The van der Waals surface area contributed by atoms with Crippen LogP contribution >= 0.6 is 23.2 Å². The quantitative estimate of drug-likeness (QED) is 0.374. The standard InChI is InChI=1S/C24H25Cl2N5O4/c1-4-18-12(2)19(34-13(3)32)22(35-18)31-21-16(8-27-31)20(28-23(26)29-21)30-10-24(11-30)17-6-5-15(25)7-14(17)9-33-24/h5-8,12,18-19,22H,4,9-11H2,1-3H3/t12-,18-,19-,22-/m1/s1. The predicted molar refractivity (Wildman–Crippen MR) is 129 cm³/mol. The molecule has 5 heterocycles. The van der Waals surface area contributed by atoms with Crippen molar-refractivity contribution in [1.29, 1.82) is 0 Å². The smallest absolute Gasteiger partial charge is 0.303 e. The Balaban J connectivity index is 1.33. The Hall–Kier alpha value is -2.46. The first-order chi connectivity index (χ1) is 16.8. The minimum atomic E-state index is -0.604. The van der Waals surface area contributed by atoms with Gasteiger partial charge in [0.1, 0.15) is 11.4 Å². The van der Waals surface area contributed by atoms with Crippen molar-refractivity contribution in [3.8, 4) is 0 Å². The number of benzene rings is 1. The average Bonchev–Trinajstić information content (AvgIpc) is 3.46. The second kappa shape index (κ2) is 8.30. The Morgan fingerprint density at radius 2 is 2.09 bits per heavy atom. The third kappa shape index (κ3) is 3.59. The van der Waals surface area contributed by atoms with Crippen LogP contribution < -0.4 is 4.90 Å². The summed E-state index contributed by atoms with van der Waals surface area (Å²) in [7, 11) is 0. The summed E-state index contributed by atoms with van der Waals surface area (Å²) in [6.45, 7) is 7.25. The zero-order valence-electron chi connectivity index (χ0n) is 19.6. The van der Waals surface area contributed by atoms with Gasteiger partial charge in [0, 0.05) is 17.9 Å². The molecule has 9 nitrogen and oxygen atoms in total. The number of halogens is 2. The molecule has 0 saturated carbocycles. The first-order valence-corrected chi connectivity index (χ1v) is 12.5. The molecule has 3 aromatic rings. The molecule has 2 saturated heterocycles. The van der Waals surface area contributed by atoms with Gasteiger partial charge < -0.3 is 19.1 Å². The molecule has 0 N–H and O–H groups in total. The first kappa shape index (κ1) is 23.0. The van der Waals surface area contributed by atoms with Gasteiger partial charge in [-0.2, -0.15) is 15.1 Å². The fraction of sp³-hybridized carbons (Fsp3) is 0.500. The van der Waals surface area contributed by atoms with Gasteiger partial charge >= 0.3 is 5.97 Å². The lowest BCUT2D eigenvalue weighted by atomic mass is 9.85. The van der Waals surface area contributed by atoms with E-state index in [9.17, 15) is 4.79 Å². The molecule has 3 aliphatic heterocycles. The van der Waals surface area contributed by atoms with Gasteiger partial charge in [0.2, 0.25) is 5.28 Å². The number of carbonyl (C=O) groups excluding carboxylic acids is 1. The lowest BCUT2D eigenvalue weighted by Gasteiger charge is -2.48. The summed E-state index contributed by atoms with van der Waals surface area (Å²) >= 11 is 12.5. The van der Waals surface area contributed by atoms with Gasteiger partial charge in [-0.15, -0.1) is 0 Å². The molecular weight excluding hydrogens is 493 g/mol. The van der Waals surface area contributed by atoms with Crippen LogP contribution in [0.3, 0.4) is 0 Å². The van der Waals surface area contributed by atoms with Gasteiger partial charge in [-0.1, -0.05) is 31.5 Å². The second-order valence-electron chi connectivity index (χ2n) is 9.49. The molecule has 2 fully saturated rings. The summed E-state index contributed by atoms with van der Waals surface area (Å²) in [6.07, 6.45) is 1.35. The number of esters is 1. The number of nitrogens with zero attached hydrogens (tertiary/aromatic N) is 5. The summed E-state index contributed by atoms with van der Waals surface area (Å²) in [4.78, 5) is 22.9. The molecule has 0 amide bonds. The van der Waals surface area contributed by atoms with E-state index in [0.29, 0.717) is 36.2 Å². The highest BCUT2D eigenvalue weighted by Crippen LogP contribution is 2.47. The third-order valence-corrected chi connectivity index (χ3v) is 7.71. The zero-order valence-corrected chi connectivity index (χ0v) is 21.1. The van der Waals surface area contributed by atoms with E-state index in [4.69, 9.17) is 37.4 Å². The molecule has 0 unspecified atom stereocenters. The van der Waals surface area contributed by atoms with Crippen LogP contribution in [-0.4, -0.2) is 51.0 Å². The fourth-order valence-corrected chi connectivity index (χ4v) is 5.94. The van der Waals surface area contributed by atoms with E-state index in [2.05, 4.69) is 20.0 Å². The van der Waals surface area contributed by atoms with Crippen molar-refractivity contribution < 1.29 is 19.0 Å². The van der Waals surface area contributed by atoms with E-state index in [1.807, 2.05) is 32.0 Å². The maximum absolute atomic E-state index is 11.8. The number of hydrogen-bond donors (Lipinski definition) is 0. The highest BCUT2D eigenvalue weighted by molar-refractivity contribution is 6.30. The first-order valence-electron chi connectivity index (χ1n) is 11.7. The Morgan fingerprint density at radius 1 is 1.29 bits per heavy atom. The number of ether oxygens (including phenoxy) is 3. The molecule has 0 bridgehead atoms. The van der Waals surface area contributed by atoms with Gasteiger partial charge in [0.25, 0.3) is 0 Å². The number of aromatic nitrogens is 4. The molecule has 1 aromatic carbocycles. The molecule has 6 rings (SSSR count). The van der Waals surface area contributed by atoms with Gasteiger partial charge in [-0.25, -0.2) is 4.68 Å². The topological polar surface area (TPSA) is 91.6 Å². The number of rotatable bonds is 4. The monoisotopic (exact) mass is 517 g/mol. The van der Waals surface area contributed by atoms with Gasteiger partial charge in [0.05, 0.1) is 37.4 Å². The number of fused-ring (bicyclic) bond motifs is 3. The van der Waals surface area contributed by atoms with Crippen molar-refractivity contribution in [3.05, 3.63) is 45.8 Å². The largest absolute Gasteiger partial charge is 0.457 e. The van der Waals surface area contributed by atoms with Crippen molar-refractivity contribution >= 4 is 46.0 Å². The van der Waals surface area contributed by atoms with Crippen LogP contribution in [0.4, 0.5) is 5.82 Å². The van der Waals surface area contributed by atoms with Crippen LogP contribution in [0.5, 0.6) is 0 Å². The Morgan fingerprint density at radius 3 is 2.83 bits per heavy atom. The minimum Gasteiger partial charge on any atom is -0.457 e. The normalized spacial score (nSPS) is 26.8. The molecule has 4 atom stereocenters. The van der Waals surface area contributed by atoms with Crippen LogP contribution in [-0.2, 0) is 31.2 Å². The Kier molecular flexibility index (Phi) is 5.45. The van der Waals surface area contributed by atoms with Crippen LogP contribution in [0.25, 0.3) is 11.0 Å². The summed E-state index contributed by atoms with van der Waals surface area (Å²) in [5.74, 6) is 0.333. The molecule has 3 aliphatic rings. The zero-order chi connectivity index (χ0) is 24.5. The lowest BCUT2D eigenvalue weighted by Crippen LogP contribution is -2.59. The summed E-state index contributed by atoms with van der Waals surface area (Å²) in [5.41, 5.74) is 2.42. The average molecular weight is 518 g/mol. The van der Waals surface area contributed by atoms with E-state index < -0.39 is 17.9 Å². The van der Waals surface area contributed by atoms with Crippen LogP contribution in [0, 0.1) is 5.92 Å². The van der Waals surface area contributed by atoms with E-state index in [1.54, 1.807) is 10.9 Å².